The van der Waals surface area contributed by atoms with Gasteiger partial charge < -0.3 is 9.88 Å². The van der Waals surface area contributed by atoms with Crippen molar-refractivity contribution in [2.45, 2.75) is 37.9 Å². The summed E-state index contributed by atoms with van der Waals surface area (Å²) in [7, 11) is 4.27. The van der Waals surface area contributed by atoms with Crippen LogP contribution in [0.15, 0.2) is 12.4 Å². The predicted molar refractivity (Wildman–Crippen MR) is 67.6 cm³/mol. The number of hydrogen-bond acceptors (Lipinski definition) is 3. The summed E-state index contributed by atoms with van der Waals surface area (Å²) < 4.78 is 2.11. The van der Waals surface area contributed by atoms with E-state index in [1.807, 2.05) is 12.4 Å². The van der Waals surface area contributed by atoms with Gasteiger partial charge in [0.05, 0.1) is 6.54 Å². The van der Waals surface area contributed by atoms with Crippen LogP contribution in [0.25, 0.3) is 0 Å². The molecular weight excluding hydrogens is 212 g/mol. The standard InChI is InChI=1S/C13H22N4/c1-16(9-13-14-5-6-17(13)2)8-10-7-11-3-4-12(10)15-11/h5-6,10-12,15H,3-4,7-9H2,1-2H3. The molecule has 1 aromatic heterocycles. The summed E-state index contributed by atoms with van der Waals surface area (Å²) in [6.45, 7) is 2.15. The molecule has 2 saturated heterocycles. The third-order valence-corrected chi connectivity index (χ3v) is 4.31. The fourth-order valence-electron chi connectivity index (χ4n) is 3.39. The van der Waals surface area contributed by atoms with Gasteiger partial charge in [0.25, 0.3) is 0 Å². The van der Waals surface area contributed by atoms with Crippen molar-refractivity contribution in [1.82, 2.24) is 19.8 Å². The maximum Gasteiger partial charge on any atom is 0.122 e. The van der Waals surface area contributed by atoms with Gasteiger partial charge >= 0.3 is 0 Å². The minimum atomic E-state index is 0.781. The zero-order chi connectivity index (χ0) is 11.8. The minimum absolute atomic E-state index is 0.781. The molecule has 3 rings (SSSR count). The molecule has 3 heterocycles. The molecule has 0 aliphatic carbocycles. The molecule has 0 aromatic carbocycles. The second-order valence-electron chi connectivity index (χ2n) is 5.69. The van der Waals surface area contributed by atoms with Gasteiger partial charge in [-0.3, -0.25) is 4.90 Å². The Morgan fingerprint density at radius 1 is 1.53 bits per heavy atom. The SMILES string of the molecule is CN(Cc1nccn1C)CC1CC2CCC1N2. The first-order valence-corrected chi connectivity index (χ1v) is 6.63. The number of aromatic nitrogens is 2. The minimum Gasteiger partial charge on any atom is -0.337 e. The van der Waals surface area contributed by atoms with Crippen molar-refractivity contribution in [3.63, 3.8) is 0 Å². The van der Waals surface area contributed by atoms with E-state index < -0.39 is 0 Å². The zero-order valence-corrected chi connectivity index (χ0v) is 10.8. The van der Waals surface area contributed by atoms with Crippen LogP contribution in [0.3, 0.4) is 0 Å². The summed E-state index contributed by atoms with van der Waals surface area (Å²) in [5.74, 6) is 2.00. The lowest BCUT2D eigenvalue weighted by molar-refractivity contribution is 0.236. The van der Waals surface area contributed by atoms with Crippen LogP contribution in [-0.2, 0) is 13.6 Å². The number of aryl methyl sites for hydroxylation is 1. The highest BCUT2D eigenvalue weighted by Crippen LogP contribution is 2.33. The Bertz CT molecular complexity index is 387. The van der Waals surface area contributed by atoms with Crippen LogP contribution in [0, 0.1) is 5.92 Å². The molecule has 3 atom stereocenters. The first kappa shape index (κ1) is 11.2. The molecule has 4 nitrogen and oxygen atoms in total. The van der Waals surface area contributed by atoms with Crippen LogP contribution in [0.1, 0.15) is 25.1 Å². The van der Waals surface area contributed by atoms with E-state index in [2.05, 4.69) is 33.9 Å². The molecule has 2 fully saturated rings. The molecule has 2 bridgehead atoms. The molecular formula is C13H22N4. The van der Waals surface area contributed by atoms with E-state index in [1.165, 1.54) is 25.8 Å². The van der Waals surface area contributed by atoms with Crippen molar-refractivity contribution in [2.24, 2.45) is 13.0 Å². The molecule has 2 aliphatic heterocycles. The van der Waals surface area contributed by atoms with Crippen molar-refractivity contribution in [3.8, 4) is 0 Å². The molecule has 0 amide bonds. The Labute approximate surface area is 103 Å². The molecule has 2 aliphatic rings. The van der Waals surface area contributed by atoms with Crippen molar-refractivity contribution < 1.29 is 0 Å². The molecule has 3 unspecified atom stereocenters. The monoisotopic (exact) mass is 234 g/mol. The highest BCUT2D eigenvalue weighted by atomic mass is 15.2. The van der Waals surface area contributed by atoms with E-state index >= 15 is 0 Å². The second-order valence-corrected chi connectivity index (χ2v) is 5.69. The lowest BCUT2D eigenvalue weighted by Crippen LogP contribution is -2.33. The lowest BCUT2D eigenvalue weighted by Gasteiger charge is -2.25. The van der Waals surface area contributed by atoms with Crippen LogP contribution < -0.4 is 5.32 Å². The fraction of sp³-hybridized carbons (Fsp3) is 0.769. The Kier molecular flexibility index (Phi) is 2.92. The molecule has 1 aromatic rings. The van der Waals surface area contributed by atoms with Gasteiger partial charge in [0.2, 0.25) is 0 Å². The van der Waals surface area contributed by atoms with E-state index in [1.54, 1.807) is 0 Å². The van der Waals surface area contributed by atoms with E-state index in [-0.39, 0.29) is 0 Å². The van der Waals surface area contributed by atoms with Gasteiger partial charge in [-0.2, -0.15) is 0 Å². The summed E-state index contributed by atoms with van der Waals surface area (Å²) in [5.41, 5.74) is 0. The quantitative estimate of drug-likeness (QED) is 0.843. The number of fused-ring (bicyclic) bond motifs is 2. The van der Waals surface area contributed by atoms with E-state index in [4.69, 9.17) is 0 Å². The van der Waals surface area contributed by atoms with Crippen molar-refractivity contribution >= 4 is 0 Å². The molecule has 0 spiro atoms. The fourth-order valence-corrected chi connectivity index (χ4v) is 3.39. The summed E-state index contributed by atoms with van der Waals surface area (Å²) in [4.78, 5) is 6.80. The van der Waals surface area contributed by atoms with Gasteiger partial charge in [-0.25, -0.2) is 4.98 Å². The second kappa shape index (κ2) is 4.42. The summed E-state index contributed by atoms with van der Waals surface area (Å²) in [5, 5.41) is 3.71. The third kappa shape index (κ3) is 2.24. The molecule has 94 valence electrons. The van der Waals surface area contributed by atoms with Crippen molar-refractivity contribution in [3.05, 3.63) is 18.2 Å². The predicted octanol–water partition coefficient (Wildman–Crippen LogP) is 0.992. The van der Waals surface area contributed by atoms with Crippen molar-refractivity contribution in [2.75, 3.05) is 13.6 Å². The zero-order valence-electron chi connectivity index (χ0n) is 10.8. The van der Waals surface area contributed by atoms with E-state index in [9.17, 15) is 0 Å². The average Bonchev–Trinajstić information content (AvgIpc) is 2.96. The van der Waals surface area contributed by atoms with E-state index in [0.717, 1.165) is 30.4 Å². The summed E-state index contributed by atoms with van der Waals surface area (Å²) >= 11 is 0. The molecule has 0 saturated carbocycles. The Morgan fingerprint density at radius 2 is 2.41 bits per heavy atom. The van der Waals surface area contributed by atoms with Crippen LogP contribution in [-0.4, -0.2) is 40.1 Å². The highest BCUT2D eigenvalue weighted by Gasteiger charge is 2.39. The van der Waals surface area contributed by atoms with Crippen LogP contribution >= 0.6 is 0 Å². The number of imidazole rings is 1. The average molecular weight is 234 g/mol. The molecule has 1 N–H and O–H groups in total. The Balaban J connectivity index is 1.54. The maximum absolute atomic E-state index is 4.38. The maximum atomic E-state index is 4.38. The van der Waals surface area contributed by atoms with Crippen LogP contribution in [0.2, 0.25) is 0 Å². The van der Waals surface area contributed by atoms with Gasteiger partial charge in [-0.05, 0) is 32.2 Å². The number of nitrogens with zero attached hydrogens (tertiary/aromatic N) is 3. The van der Waals surface area contributed by atoms with Gasteiger partial charge in [0.1, 0.15) is 5.82 Å². The molecule has 4 heteroatoms. The normalized spacial score (nSPS) is 31.6. The van der Waals surface area contributed by atoms with Gasteiger partial charge in [0.15, 0.2) is 0 Å². The van der Waals surface area contributed by atoms with Gasteiger partial charge in [-0.15, -0.1) is 0 Å². The van der Waals surface area contributed by atoms with E-state index in [0.29, 0.717) is 0 Å². The first-order chi connectivity index (χ1) is 8.22. The van der Waals surface area contributed by atoms with Gasteiger partial charge in [0, 0.05) is 38.1 Å². The number of hydrogen-bond donors (Lipinski definition) is 1. The number of rotatable bonds is 4. The van der Waals surface area contributed by atoms with Gasteiger partial charge in [-0.1, -0.05) is 0 Å². The summed E-state index contributed by atoms with van der Waals surface area (Å²) in [6.07, 6.45) is 8.04. The highest BCUT2D eigenvalue weighted by molar-refractivity contribution is 4.98. The van der Waals surface area contributed by atoms with Crippen LogP contribution in [0.5, 0.6) is 0 Å². The Morgan fingerprint density at radius 3 is 3.00 bits per heavy atom. The molecule has 0 radical (unpaired) electrons. The smallest absolute Gasteiger partial charge is 0.122 e. The first-order valence-electron chi connectivity index (χ1n) is 6.63. The largest absolute Gasteiger partial charge is 0.337 e. The van der Waals surface area contributed by atoms with Crippen molar-refractivity contribution in [1.29, 1.82) is 0 Å². The number of nitrogens with one attached hydrogen (secondary N) is 1. The summed E-state index contributed by atoms with van der Waals surface area (Å²) in [6, 6.07) is 1.59. The lowest BCUT2D eigenvalue weighted by atomic mass is 9.89. The third-order valence-electron chi connectivity index (χ3n) is 4.31. The van der Waals surface area contributed by atoms with Crippen LogP contribution in [0.4, 0.5) is 0 Å². The topological polar surface area (TPSA) is 33.1 Å². The molecule has 17 heavy (non-hydrogen) atoms. The Hall–Kier alpha value is -0.870.